The van der Waals surface area contributed by atoms with Crippen molar-refractivity contribution < 1.29 is 23.0 Å². The predicted molar refractivity (Wildman–Crippen MR) is 150 cm³/mol. The van der Waals surface area contributed by atoms with Gasteiger partial charge in [-0.25, -0.2) is 18.3 Å². The summed E-state index contributed by atoms with van der Waals surface area (Å²) in [5.41, 5.74) is 3.86. The number of ether oxygens (including phenoxy) is 2. The maximum atomic E-state index is 15.6. The average Bonchev–Trinajstić information content (AvgIpc) is 3.33. The Morgan fingerprint density at radius 3 is 2.49 bits per heavy atom. The molecule has 2 aromatic carbocycles. The van der Waals surface area contributed by atoms with Crippen molar-refractivity contribution in [1.82, 2.24) is 25.3 Å². The molecular formula is C28H28F2N8O3. The molecule has 3 heterocycles. The Morgan fingerprint density at radius 1 is 1.15 bits per heavy atom. The highest BCUT2D eigenvalue weighted by molar-refractivity contribution is 6.20. The Bertz CT molecular complexity index is 1690. The molecule has 11 nitrogen and oxygen atoms in total. The van der Waals surface area contributed by atoms with Gasteiger partial charge in [-0.2, -0.15) is 0 Å². The molecule has 1 aliphatic rings. The Hall–Kier alpha value is -5.07. The number of nitrogens with one attached hydrogen (secondary N) is 2. The van der Waals surface area contributed by atoms with E-state index in [1.807, 2.05) is 12.1 Å². The lowest BCUT2D eigenvalue weighted by Crippen LogP contribution is -2.47. The van der Waals surface area contributed by atoms with Gasteiger partial charge in [-0.15, -0.1) is 5.10 Å². The van der Waals surface area contributed by atoms with Crippen LogP contribution >= 0.6 is 0 Å². The first-order valence-electron chi connectivity index (χ1n) is 12.6. The third-order valence-electron chi connectivity index (χ3n) is 6.85. The Kier molecular flexibility index (Phi) is 7.26. The molecule has 41 heavy (non-hydrogen) atoms. The number of allylic oxidation sites excluding steroid dienone is 1. The molecule has 13 heteroatoms. The minimum atomic E-state index is -1.04. The van der Waals surface area contributed by atoms with Crippen molar-refractivity contribution in [1.29, 1.82) is 5.41 Å². The van der Waals surface area contributed by atoms with Gasteiger partial charge >= 0.3 is 6.03 Å². The summed E-state index contributed by atoms with van der Waals surface area (Å²) in [6.07, 6.45) is 3.19. The van der Waals surface area contributed by atoms with E-state index in [2.05, 4.69) is 20.6 Å². The lowest BCUT2D eigenvalue weighted by atomic mass is 10.0. The second kappa shape index (κ2) is 10.8. The van der Waals surface area contributed by atoms with E-state index in [1.165, 1.54) is 19.1 Å². The van der Waals surface area contributed by atoms with E-state index in [1.54, 1.807) is 50.2 Å². The van der Waals surface area contributed by atoms with E-state index < -0.39 is 23.4 Å². The number of benzene rings is 2. The molecule has 0 fully saturated rings. The number of carbonyl (C=O) groups is 1. The normalized spacial score (nSPS) is 13.4. The Labute approximate surface area is 234 Å². The summed E-state index contributed by atoms with van der Waals surface area (Å²) in [5.74, 6) is -2.61. The third kappa shape index (κ3) is 4.79. The van der Waals surface area contributed by atoms with Gasteiger partial charge in [0.05, 0.1) is 44.2 Å². The highest BCUT2D eigenvalue weighted by Gasteiger charge is 2.37. The van der Waals surface area contributed by atoms with Gasteiger partial charge in [0, 0.05) is 49.4 Å². The largest absolute Gasteiger partial charge is 0.493 e. The zero-order valence-electron chi connectivity index (χ0n) is 23.1. The summed E-state index contributed by atoms with van der Waals surface area (Å²) < 4.78 is 42.9. The molecule has 212 valence electrons. The first kappa shape index (κ1) is 27.5. The van der Waals surface area contributed by atoms with Crippen LogP contribution in [0.3, 0.4) is 0 Å². The fourth-order valence-corrected chi connectivity index (χ4v) is 4.80. The Balaban J connectivity index is 1.67. The lowest BCUT2D eigenvalue weighted by molar-refractivity contribution is 0.249. The van der Waals surface area contributed by atoms with Crippen molar-refractivity contribution in [3.63, 3.8) is 0 Å². The summed E-state index contributed by atoms with van der Waals surface area (Å²) in [6.45, 7) is 1.52. The molecule has 2 amide bonds. The smallest absolute Gasteiger partial charge is 0.329 e. The molecule has 0 saturated carbocycles. The van der Waals surface area contributed by atoms with Crippen molar-refractivity contribution in [2.75, 3.05) is 31.1 Å². The fraction of sp³-hybridized carbons (Fsp3) is 0.250. The molecule has 1 aliphatic heterocycles. The zero-order valence-corrected chi connectivity index (χ0v) is 23.1. The standard InChI is InChI=1S/C28H28F2N8O3/c1-15(31)18(12-32-2)19-9-22-17(11-33-19)14-38(27-25(29)23(40-4)10-24(41-5)26(27)30)28(39)37(22)13-16-6-7-21-20(8-16)34-35-36(21)3/h6-12,31-32H,13-14H2,1-5H3/b18-12+,31-15?. The van der Waals surface area contributed by atoms with Gasteiger partial charge in [0.25, 0.3) is 0 Å². The Morgan fingerprint density at radius 2 is 1.85 bits per heavy atom. The highest BCUT2D eigenvalue weighted by atomic mass is 19.1. The lowest BCUT2D eigenvalue weighted by Gasteiger charge is -2.37. The molecule has 0 aliphatic carbocycles. The molecule has 0 bridgehead atoms. The minimum Gasteiger partial charge on any atom is -0.493 e. The van der Waals surface area contributed by atoms with Crippen LogP contribution in [0.15, 0.2) is 42.7 Å². The molecule has 2 aromatic heterocycles. The van der Waals surface area contributed by atoms with Crippen LogP contribution < -0.4 is 24.6 Å². The number of anilines is 2. The van der Waals surface area contributed by atoms with Gasteiger partial charge in [-0.1, -0.05) is 11.3 Å². The van der Waals surface area contributed by atoms with Crippen molar-refractivity contribution >= 4 is 39.7 Å². The zero-order chi connectivity index (χ0) is 29.4. The van der Waals surface area contributed by atoms with Crippen LogP contribution in [0, 0.1) is 17.0 Å². The highest BCUT2D eigenvalue weighted by Crippen LogP contribution is 2.41. The number of halogens is 2. The number of aromatic nitrogens is 4. The van der Waals surface area contributed by atoms with Crippen LogP contribution in [0.4, 0.5) is 25.0 Å². The van der Waals surface area contributed by atoms with Crippen molar-refractivity contribution in [3.05, 3.63) is 71.2 Å². The van der Waals surface area contributed by atoms with Gasteiger partial charge in [-0.05, 0) is 30.7 Å². The second-order valence-electron chi connectivity index (χ2n) is 9.42. The molecule has 0 unspecified atom stereocenters. The van der Waals surface area contributed by atoms with Crippen LogP contribution in [0.2, 0.25) is 0 Å². The fourth-order valence-electron chi connectivity index (χ4n) is 4.80. The monoisotopic (exact) mass is 562 g/mol. The van der Waals surface area contributed by atoms with Gasteiger partial charge < -0.3 is 20.2 Å². The molecule has 0 atom stereocenters. The third-order valence-corrected chi connectivity index (χ3v) is 6.85. The molecule has 5 rings (SSSR count). The number of hydrogen-bond acceptors (Lipinski definition) is 8. The predicted octanol–water partition coefficient (Wildman–Crippen LogP) is 4.41. The van der Waals surface area contributed by atoms with Gasteiger partial charge in [0.2, 0.25) is 0 Å². The molecule has 4 aromatic rings. The summed E-state index contributed by atoms with van der Waals surface area (Å²) in [4.78, 5) is 21.1. The van der Waals surface area contributed by atoms with E-state index in [0.717, 1.165) is 22.0 Å². The maximum absolute atomic E-state index is 15.6. The second-order valence-corrected chi connectivity index (χ2v) is 9.42. The van der Waals surface area contributed by atoms with Crippen molar-refractivity contribution in [2.45, 2.75) is 20.0 Å². The number of amides is 2. The molecule has 2 N–H and O–H groups in total. The van der Waals surface area contributed by atoms with Crippen LogP contribution in [-0.2, 0) is 20.1 Å². The van der Waals surface area contributed by atoms with E-state index >= 15 is 8.78 Å². The van der Waals surface area contributed by atoms with E-state index in [-0.39, 0.29) is 30.3 Å². The minimum absolute atomic E-state index is 0.0529. The van der Waals surface area contributed by atoms with Gasteiger partial charge in [0.15, 0.2) is 23.1 Å². The maximum Gasteiger partial charge on any atom is 0.329 e. The summed E-state index contributed by atoms with van der Waals surface area (Å²) >= 11 is 0. The first-order chi connectivity index (χ1) is 19.7. The number of aryl methyl sites for hydroxylation is 1. The van der Waals surface area contributed by atoms with Crippen LogP contribution in [0.1, 0.15) is 23.7 Å². The van der Waals surface area contributed by atoms with Gasteiger partial charge in [-0.3, -0.25) is 14.8 Å². The van der Waals surface area contributed by atoms with Crippen molar-refractivity contribution in [2.24, 2.45) is 7.05 Å². The van der Waals surface area contributed by atoms with Crippen molar-refractivity contribution in [3.8, 4) is 11.5 Å². The van der Waals surface area contributed by atoms with Crippen LogP contribution in [-0.4, -0.2) is 53.0 Å². The number of urea groups is 1. The van der Waals surface area contributed by atoms with Gasteiger partial charge in [0.1, 0.15) is 11.2 Å². The van der Waals surface area contributed by atoms with E-state index in [9.17, 15) is 4.79 Å². The number of rotatable bonds is 8. The van der Waals surface area contributed by atoms with Crippen LogP contribution in [0.5, 0.6) is 11.5 Å². The molecule has 0 spiro atoms. The van der Waals surface area contributed by atoms with E-state index in [0.29, 0.717) is 28.0 Å². The topological polar surface area (TPSA) is 121 Å². The number of fused-ring (bicyclic) bond motifs is 2. The summed E-state index contributed by atoms with van der Waals surface area (Å²) in [5, 5.41) is 19.3. The van der Waals surface area contributed by atoms with E-state index in [4.69, 9.17) is 14.9 Å². The SMILES string of the molecule is CN/C=C(\C(C)=N)c1cc2c(cn1)CN(c1c(F)c(OC)cc(OC)c1F)C(=O)N2Cc1ccc2c(c1)nnn2C. The molecule has 0 saturated heterocycles. The average molecular weight is 563 g/mol. The first-order valence-corrected chi connectivity index (χ1v) is 12.6. The summed E-state index contributed by atoms with van der Waals surface area (Å²) in [7, 11) is 5.98. The summed E-state index contributed by atoms with van der Waals surface area (Å²) in [6, 6.07) is 7.60. The number of methoxy groups -OCH3 is 2. The quantitative estimate of drug-likeness (QED) is 0.305. The molecule has 0 radical (unpaired) electrons. The molecular weight excluding hydrogens is 534 g/mol. The number of carbonyl (C=O) groups excluding carboxylic acids is 1. The number of nitrogens with zero attached hydrogens (tertiary/aromatic N) is 6. The number of hydrogen-bond donors (Lipinski definition) is 2. The van der Waals surface area contributed by atoms with Crippen LogP contribution in [0.25, 0.3) is 16.6 Å². The number of pyridine rings is 1.